The maximum Gasteiger partial charge on any atom is 0.340 e. The first kappa shape index (κ1) is 14.6. The van der Waals surface area contributed by atoms with Crippen molar-refractivity contribution in [2.45, 2.75) is 20.0 Å². The summed E-state index contributed by atoms with van der Waals surface area (Å²) in [6.07, 6.45) is 1.83. The van der Waals surface area contributed by atoms with E-state index in [0.29, 0.717) is 13.1 Å². The van der Waals surface area contributed by atoms with Gasteiger partial charge in [0.15, 0.2) is 0 Å². The summed E-state index contributed by atoms with van der Waals surface area (Å²) in [5.74, 6) is -1.23. The molecule has 0 aliphatic heterocycles. The van der Waals surface area contributed by atoms with Gasteiger partial charge in [-0.25, -0.2) is 14.2 Å². The summed E-state index contributed by atoms with van der Waals surface area (Å²) in [6, 6.07) is 4.49. The summed E-state index contributed by atoms with van der Waals surface area (Å²) in [5, 5.41) is 4.23. The van der Waals surface area contributed by atoms with Crippen molar-refractivity contribution in [2.24, 2.45) is 0 Å². The van der Waals surface area contributed by atoms with Crippen molar-refractivity contribution in [3.05, 3.63) is 51.2 Å². The third-order valence-electron chi connectivity index (χ3n) is 2.74. The van der Waals surface area contributed by atoms with Gasteiger partial charge in [-0.05, 0) is 24.6 Å². The number of methoxy groups -OCH3 is 1. The molecule has 0 unspecified atom stereocenters. The number of rotatable bonds is 5. The summed E-state index contributed by atoms with van der Waals surface area (Å²) < 4.78 is 18.2. The van der Waals surface area contributed by atoms with Gasteiger partial charge in [0, 0.05) is 24.2 Å². The van der Waals surface area contributed by atoms with Crippen LogP contribution < -0.4 is 5.32 Å². The Hall–Kier alpha value is -1.79. The predicted molar refractivity (Wildman–Crippen MR) is 75.1 cm³/mol. The maximum atomic E-state index is 13.7. The number of aryl methyl sites for hydroxylation is 1. The fraction of sp³-hybridized carbons (Fsp3) is 0.286. The molecule has 20 heavy (non-hydrogen) atoms. The van der Waals surface area contributed by atoms with E-state index >= 15 is 0 Å². The summed E-state index contributed by atoms with van der Waals surface area (Å²) in [5.41, 5.74) is 0.728. The molecule has 2 rings (SSSR count). The topological polar surface area (TPSA) is 51.2 Å². The molecule has 0 radical (unpaired) electrons. The van der Waals surface area contributed by atoms with E-state index in [-0.39, 0.29) is 5.56 Å². The SMILES string of the molecule is COC(=O)c1ccc(CNCc2cnc(C)s2)cc1F. The quantitative estimate of drug-likeness (QED) is 0.861. The minimum Gasteiger partial charge on any atom is -0.465 e. The van der Waals surface area contributed by atoms with Crippen molar-refractivity contribution in [3.63, 3.8) is 0 Å². The van der Waals surface area contributed by atoms with Gasteiger partial charge in [-0.1, -0.05) is 6.07 Å². The molecule has 1 heterocycles. The van der Waals surface area contributed by atoms with Crippen LogP contribution in [-0.2, 0) is 17.8 Å². The molecule has 4 nitrogen and oxygen atoms in total. The van der Waals surface area contributed by atoms with E-state index in [1.165, 1.54) is 19.2 Å². The molecule has 0 amide bonds. The van der Waals surface area contributed by atoms with Crippen LogP contribution in [0.1, 0.15) is 25.8 Å². The fourth-order valence-electron chi connectivity index (χ4n) is 1.76. The normalized spacial score (nSPS) is 10.6. The number of carbonyl (C=O) groups excluding carboxylic acids is 1. The minimum absolute atomic E-state index is 0.0469. The summed E-state index contributed by atoms with van der Waals surface area (Å²) in [6.45, 7) is 3.16. The number of thiazole rings is 1. The lowest BCUT2D eigenvalue weighted by molar-refractivity contribution is 0.0595. The molecular weight excluding hydrogens is 279 g/mol. The average Bonchev–Trinajstić information content (AvgIpc) is 2.84. The number of benzene rings is 1. The Bertz CT molecular complexity index is 613. The highest BCUT2D eigenvalue weighted by atomic mass is 32.1. The van der Waals surface area contributed by atoms with Gasteiger partial charge >= 0.3 is 5.97 Å². The Morgan fingerprint density at radius 1 is 1.45 bits per heavy atom. The molecule has 1 aromatic carbocycles. The van der Waals surface area contributed by atoms with Gasteiger partial charge in [-0.2, -0.15) is 0 Å². The molecule has 6 heteroatoms. The highest BCUT2D eigenvalue weighted by Gasteiger charge is 2.12. The first-order valence-electron chi connectivity index (χ1n) is 6.09. The molecular formula is C14H15FN2O2S. The van der Waals surface area contributed by atoms with Crippen molar-refractivity contribution in [2.75, 3.05) is 7.11 Å². The van der Waals surface area contributed by atoms with Crippen LogP contribution in [0, 0.1) is 12.7 Å². The second kappa shape index (κ2) is 6.58. The Labute approximate surface area is 120 Å². The lowest BCUT2D eigenvalue weighted by Crippen LogP contribution is -2.12. The monoisotopic (exact) mass is 294 g/mol. The third kappa shape index (κ3) is 3.61. The molecule has 1 N–H and O–H groups in total. The zero-order valence-corrected chi connectivity index (χ0v) is 12.1. The van der Waals surface area contributed by atoms with E-state index in [4.69, 9.17) is 0 Å². The van der Waals surface area contributed by atoms with Gasteiger partial charge in [0.2, 0.25) is 0 Å². The number of esters is 1. The minimum atomic E-state index is -0.665. The van der Waals surface area contributed by atoms with Gasteiger partial charge in [0.1, 0.15) is 5.82 Å². The van der Waals surface area contributed by atoms with Crippen molar-refractivity contribution in [3.8, 4) is 0 Å². The van der Waals surface area contributed by atoms with Gasteiger partial charge in [0.05, 0.1) is 17.7 Å². The van der Waals surface area contributed by atoms with Crippen LogP contribution in [0.25, 0.3) is 0 Å². The Morgan fingerprint density at radius 3 is 2.85 bits per heavy atom. The van der Waals surface area contributed by atoms with Crippen molar-refractivity contribution < 1.29 is 13.9 Å². The van der Waals surface area contributed by atoms with Crippen LogP contribution in [0.2, 0.25) is 0 Å². The number of ether oxygens (including phenoxy) is 1. The second-order valence-electron chi connectivity index (χ2n) is 4.25. The first-order valence-corrected chi connectivity index (χ1v) is 6.90. The maximum absolute atomic E-state index is 13.7. The molecule has 2 aromatic rings. The molecule has 0 bridgehead atoms. The smallest absolute Gasteiger partial charge is 0.340 e. The van der Waals surface area contributed by atoms with Gasteiger partial charge < -0.3 is 10.1 Å². The fourth-order valence-corrected chi connectivity index (χ4v) is 2.53. The molecule has 0 spiro atoms. The lowest BCUT2D eigenvalue weighted by atomic mass is 10.1. The number of hydrogen-bond acceptors (Lipinski definition) is 5. The zero-order chi connectivity index (χ0) is 14.5. The molecule has 0 fully saturated rings. The standard InChI is InChI=1S/C14H15FN2O2S/c1-9-17-8-11(20-9)7-16-6-10-3-4-12(13(15)5-10)14(18)19-2/h3-5,8,16H,6-7H2,1-2H3. The van der Waals surface area contributed by atoms with Gasteiger partial charge in [-0.3, -0.25) is 0 Å². The molecule has 0 aliphatic carbocycles. The Kier molecular flexibility index (Phi) is 4.81. The zero-order valence-electron chi connectivity index (χ0n) is 11.3. The van der Waals surface area contributed by atoms with Crippen LogP contribution in [0.3, 0.4) is 0 Å². The third-order valence-corrected chi connectivity index (χ3v) is 3.65. The van der Waals surface area contributed by atoms with E-state index in [2.05, 4.69) is 15.0 Å². The van der Waals surface area contributed by atoms with Crippen LogP contribution >= 0.6 is 11.3 Å². The molecule has 0 atom stereocenters. The Balaban J connectivity index is 1.93. The number of nitrogens with one attached hydrogen (secondary N) is 1. The van der Waals surface area contributed by atoms with Crippen LogP contribution in [0.4, 0.5) is 4.39 Å². The number of nitrogens with zero attached hydrogens (tertiary/aromatic N) is 1. The van der Waals surface area contributed by atoms with E-state index in [1.807, 2.05) is 13.1 Å². The molecule has 0 saturated carbocycles. The molecule has 0 aliphatic rings. The number of carbonyl (C=O) groups is 1. The lowest BCUT2D eigenvalue weighted by Gasteiger charge is -2.06. The first-order chi connectivity index (χ1) is 9.60. The van der Waals surface area contributed by atoms with Crippen molar-refractivity contribution in [1.29, 1.82) is 0 Å². The largest absolute Gasteiger partial charge is 0.465 e. The average molecular weight is 294 g/mol. The van der Waals surface area contributed by atoms with Gasteiger partial charge in [0.25, 0.3) is 0 Å². The molecule has 106 valence electrons. The van der Waals surface area contributed by atoms with E-state index in [0.717, 1.165) is 15.4 Å². The van der Waals surface area contributed by atoms with Crippen LogP contribution in [0.5, 0.6) is 0 Å². The summed E-state index contributed by atoms with van der Waals surface area (Å²) in [4.78, 5) is 16.6. The van der Waals surface area contributed by atoms with Crippen molar-refractivity contribution in [1.82, 2.24) is 10.3 Å². The van der Waals surface area contributed by atoms with Crippen LogP contribution in [0.15, 0.2) is 24.4 Å². The van der Waals surface area contributed by atoms with Gasteiger partial charge in [-0.15, -0.1) is 11.3 Å². The van der Waals surface area contributed by atoms with Crippen molar-refractivity contribution >= 4 is 17.3 Å². The predicted octanol–water partition coefficient (Wildman–Crippen LogP) is 2.67. The molecule has 1 aromatic heterocycles. The summed E-state index contributed by atoms with van der Waals surface area (Å²) in [7, 11) is 1.23. The number of hydrogen-bond donors (Lipinski definition) is 1. The van der Waals surface area contributed by atoms with E-state index in [1.54, 1.807) is 17.4 Å². The Morgan fingerprint density at radius 2 is 2.25 bits per heavy atom. The highest BCUT2D eigenvalue weighted by molar-refractivity contribution is 7.11. The second-order valence-corrected chi connectivity index (χ2v) is 5.57. The van der Waals surface area contributed by atoms with E-state index in [9.17, 15) is 9.18 Å². The summed E-state index contributed by atoms with van der Waals surface area (Å²) >= 11 is 1.63. The van der Waals surface area contributed by atoms with E-state index < -0.39 is 11.8 Å². The van der Waals surface area contributed by atoms with Crippen LogP contribution in [-0.4, -0.2) is 18.1 Å². The number of halogens is 1. The number of aromatic nitrogens is 1. The molecule has 0 saturated heterocycles. The highest BCUT2D eigenvalue weighted by Crippen LogP contribution is 2.13.